The van der Waals surface area contributed by atoms with Gasteiger partial charge in [0.15, 0.2) is 0 Å². The Morgan fingerprint density at radius 1 is 0.593 bits per heavy atom. The molecule has 0 aliphatic carbocycles. The van der Waals surface area contributed by atoms with E-state index in [9.17, 15) is 14.4 Å². The van der Waals surface area contributed by atoms with E-state index in [1.807, 2.05) is 0 Å². The molecular formula is C21H40N2O4. The molecule has 0 unspecified atom stereocenters. The van der Waals surface area contributed by atoms with Crippen molar-refractivity contribution in [3.63, 3.8) is 0 Å². The van der Waals surface area contributed by atoms with Crippen LogP contribution in [0, 0.1) is 0 Å². The second kappa shape index (κ2) is 19.2. The van der Waals surface area contributed by atoms with E-state index in [1.165, 1.54) is 38.5 Å². The predicted octanol–water partition coefficient (Wildman–Crippen LogP) is 4.17. The van der Waals surface area contributed by atoms with Crippen molar-refractivity contribution >= 4 is 17.8 Å². The highest BCUT2D eigenvalue weighted by atomic mass is 16.4. The van der Waals surface area contributed by atoms with E-state index in [4.69, 9.17) is 5.11 Å². The molecule has 27 heavy (non-hydrogen) atoms. The highest BCUT2D eigenvalue weighted by molar-refractivity contribution is 5.76. The summed E-state index contributed by atoms with van der Waals surface area (Å²) in [4.78, 5) is 33.5. The molecule has 3 N–H and O–H groups in total. The number of rotatable bonds is 19. The number of carboxylic acids is 1. The number of hydrogen-bond donors (Lipinski definition) is 3. The molecule has 0 aliphatic heterocycles. The first kappa shape index (κ1) is 25.4. The number of unbranched alkanes of at least 4 members (excludes halogenated alkanes) is 10. The Hall–Kier alpha value is -1.59. The van der Waals surface area contributed by atoms with E-state index < -0.39 is 5.97 Å². The fourth-order valence-corrected chi connectivity index (χ4v) is 2.90. The minimum Gasteiger partial charge on any atom is -0.481 e. The molecule has 0 aromatic rings. The molecule has 0 bridgehead atoms. The van der Waals surface area contributed by atoms with Gasteiger partial charge in [0, 0.05) is 25.9 Å². The van der Waals surface area contributed by atoms with Crippen LogP contribution in [0.25, 0.3) is 0 Å². The van der Waals surface area contributed by atoms with Crippen LogP contribution >= 0.6 is 0 Å². The zero-order chi connectivity index (χ0) is 20.2. The van der Waals surface area contributed by atoms with Crippen molar-refractivity contribution in [2.45, 2.75) is 103 Å². The monoisotopic (exact) mass is 384 g/mol. The van der Waals surface area contributed by atoms with Crippen LogP contribution in [0.5, 0.6) is 0 Å². The normalized spacial score (nSPS) is 10.6. The van der Waals surface area contributed by atoms with Crippen molar-refractivity contribution in [2.24, 2.45) is 0 Å². The van der Waals surface area contributed by atoms with Gasteiger partial charge in [0.05, 0.1) is 6.42 Å². The molecule has 0 saturated carbocycles. The summed E-state index contributed by atoms with van der Waals surface area (Å²) in [6, 6.07) is 0. The van der Waals surface area contributed by atoms with Gasteiger partial charge in [0.1, 0.15) is 0 Å². The average molecular weight is 385 g/mol. The number of aliphatic carboxylic acids is 1. The summed E-state index contributed by atoms with van der Waals surface area (Å²) in [6.07, 6.45) is 14.5. The van der Waals surface area contributed by atoms with Crippen LogP contribution in [-0.4, -0.2) is 36.0 Å². The van der Waals surface area contributed by atoms with Crippen molar-refractivity contribution in [3.8, 4) is 0 Å². The average Bonchev–Trinajstić information content (AvgIpc) is 2.62. The van der Waals surface area contributed by atoms with E-state index in [0.29, 0.717) is 12.8 Å². The summed E-state index contributed by atoms with van der Waals surface area (Å²) >= 11 is 0. The lowest BCUT2D eigenvalue weighted by Crippen LogP contribution is -2.25. The molecule has 0 fully saturated rings. The lowest BCUT2D eigenvalue weighted by molar-refractivity contribution is -0.137. The third-order valence-corrected chi connectivity index (χ3v) is 4.57. The number of carboxylic acid groups (broad SMARTS) is 1. The van der Waals surface area contributed by atoms with Crippen molar-refractivity contribution in [2.75, 3.05) is 13.1 Å². The first-order valence-electron chi connectivity index (χ1n) is 10.8. The molecule has 0 atom stereocenters. The van der Waals surface area contributed by atoms with E-state index in [2.05, 4.69) is 17.6 Å². The second-order valence-corrected chi connectivity index (χ2v) is 7.23. The highest BCUT2D eigenvalue weighted by Gasteiger charge is 2.03. The fraction of sp³-hybridized carbons (Fsp3) is 0.857. The van der Waals surface area contributed by atoms with Gasteiger partial charge in [0.2, 0.25) is 11.8 Å². The first-order valence-corrected chi connectivity index (χ1v) is 10.8. The summed E-state index contributed by atoms with van der Waals surface area (Å²) in [5.41, 5.74) is 0. The number of carbonyl (C=O) groups is 3. The van der Waals surface area contributed by atoms with Crippen molar-refractivity contribution in [1.29, 1.82) is 0 Å². The highest BCUT2D eigenvalue weighted by Crippen LogP contribution is 2.10. The molecule has 0 radical (unpaired) electrons. The summed E-state index contributed by atoms with van der Waals surface area (Å²) in [6.45, 7) is 3.21. The maximum atomic E-state index is 11.7. The Morgan fingerprint density at radius 2 is 1.04 bits per heavy atom. The molecule has 0 aromatic heterocycles. The van der Waals surface area contributed by atoms with Gasteiger partial charge in [-0.15, -0.1) is 0 Å². The van der Waals surface area contributed by atoms with E-state index in [1.54, 1.807) is 0 Å². The maximum Gasteiger partial charge on any atom is 0.305 e. The Morgan fingerprint density at radius 3 is 1.52 bits per heavy atom. The molecule has 0 saturated heterocycles. The molecule has 158 valence electrons. The molecule has 2 amide bonds. The molecule has 6 heteroatoms. The van der Waals surface area contributed by atoms with Gasteiger partial charge in [-0.2, -0.15) is 0 Å². The zero-order valence-corrected chi connectivity index (χ0v) is 17.2. The maximum absolute atomic E-state index is 11.7. The summed E-state index contributed by atoms with van der Waals surface area (Å²) in [5.74, 6) is -0.758. The van der Waals surface area contributed by atoms with Crippen LogP contribution in [0.3, 0.4) is 0 Å². The van der Waals surface area contributed by atoms with E-state index in [-0.39, 0.29) is 24.8 Å². The lowest BCUT2D eigenvalue weighted by atomic mass is 10.1. The molecule has 0 aromatic carbocycles. The summed E-state index contributed by atoms with van der Waals surface area (Å²) in [7, 11) is 0. The first-order chi connectivity index (χ1) is 13.1. The smallest absolute Gasteiger partial charge is 0.305 e. The van der Waals surface area contributed by atoms with Gasteiger partial charge in [-0.25, -0.2) is 0 Å². The van der Waals surface area contributed by atoms with Gasteiger partial charge >= 0.3 is 5.97 Å². The van der Waals surface area contributed by atoms with Crippen LogP contribution in [-0.2, 0) is 14.4 Å². The summed E-state index contributed by atoms with van der Waals surface area (Å²) < 4.78 is 0. The third kappa shape index (κ3) is 20.6. The number of carbonyl (C=O) groups excluding carboxylic acids is 2. The van der Waals surface area contributed by atoms with Gasteiger partial charge in [-0.1, -0.05) is 64.7 Å². The lowest BCUT2D eigenvalue weighted by Gasteiger charge is -2.05. The molecule has 0 spiro atoms. The Bertz CT molecular complexity index is 400. The molecule has 0 aliphatic rings. The standard InChI is InChI=1S/C21H40N2O4/c1-2-3-4-13-17-22-19(24)14-11-9-7-5-6-8-10-12-15-20(25)23-18-16-21(26)27/h2-18H2,1H3,(H,22,24)(H,23,25)(H,26,27). The van der Waals surface area contributed by atoms with Crippen LogP contribution in [0.2, 0.25) is 0 Å². The SMILES string of the molecule is CCCCCCNC(=O)CCCCCCCCCCC(=O)NCCC(=O)O. The number of hydrogen-bond acceptors (Lipinski definition) is 3. The van der Waals surface area contributed by atoms with Crippen LogP contribution in [0.1, 0.15) is 103 Å². The van der Waals surface area contributed by atoms with Gasteiger partial charge in [-0.05, 0) is 19.3 Å². The van der Waals surface area contributed by atoms with Crippen molar-refractivity contribution in [3.05, 3.63) is 0 Å². The Balaban J connectivity index is 3.25. The third-order valence-electron chi connectivity index (χ3n) is 4.57. The topological polar surface area (TPSA) is 95.5 Å². The van der Waals surface area contributed by atoms with Gasteiger partial charge in [0.25, 0.3) is 0 Å². The minimum absolute atomic E-state index is 0.0215. The second-order valence-electron chi connectivity index (χ2n) is 7.23. The Kier molecular flexibility index (Phi) is 18.0. The van der Waals surface area contributed by atoms with Gasteiger partial charge < -0.3 is 15.7 Å². The number of amides is 2. The Labute approximate surface area is 164 Å². The molecular weight excluding hydrogens is 344 g/mol. The van der Waals surface area contributed by atoms with Crippen LogP contribution in [0.15, 0.2) is 0 Å². The number of nitrogens with one attached hydrogen (secondary N) is 2. The predicted molar refractivity (Wildman–Crippen MR) is 109 cm³/mol. The van der Waals surface area contributed by atoms with Crippen molar-refractivity contribution in [1.82, 2.24) is 10.6 Å². The molecule has 6 nitrogen and oxygen atoms in total. The minimum atomic E-state index is -0.890. The van der Waals surface area contributed by atoms with E-state index in [0.717, 1.165) is 45.1 Å². The summed E-state index contributed by atoms with van der Waals surface area (Å²) in [5, 5.41) is 14.1. The van der Waals surface area contributed by atoms with E-state index >= 15 is 0 Å². The molecule has 0 rings (SSSR count). The van der Waals surface area contributed by atoms with Crippen LogP contribution < -0.4 is 10.6 Å². The van der Waals surface area contributed by atoms with Gasteiger partial charge in [-0.3, -0.25) is 14.4 Å². The van der Waals surface area contributed by atoms with Crippen LogP contribution in [0.4, 0.5) is 0 Å². The largest absolute Gasteiger partial charge is 0.481 e. The quantitative estimate of drug-likeness (QED) is 0.291. The zero-order valence-electron chi connectivity index (χ0n) is 17.2. The molecule has 0 heterocycles. The fourth-order valence-electron chi connectivity index (χ4n) is 2.90. The van der Waals surface area contributed by atoms with Crippen molar-refractivity contribution < 1.29 is 19.5 Å².